The standard InChI is InChI=1S/C20H28ClN3O/c1-5-24-19(11-9-14(2)3)22-23-20(24)12-10-17(25)13-16-7-6-8-18(21)15(16)4/h6-8,14H,5,9-13H2,1-4H3. The smallest absolute Gasteiger partial charge is 0.137 e. The Morgan fingerprint density at radius 1 is 1.20 bits per heavy atom. The number of carbonyl (C=O) groups is 1. The number of aryl methyl sites for hydroxylation is 2. The van der Waals surface area contributed by atoms with Crippen molar-refractivity contribution in [1.82, 2.24) is 14.8 Å². The summed E-state index contributed by atoms with van der Waals surface area (Å²) in [4.78, 5) is 12.4. The van der Waals surface area contributed by atoms with E-state index in [0.29, 0.717) is 30.2 Å². The fourth-order valence-corrected chi connectivity index (χ4v) is 3.11. The molecule has 0 aliphatic carbocycles. The second-order valence-corrected chi connectivity index (χ2v) is 7.36. The van der Waals surface area contributed by atoms with Gasteiger partial charge in [0.2, 0.25) is 0 Å². The maximum atomic E-state index is 12.4. The molecule has 0 amide bonds. The third kappa shape index (κ3) is 5.40. The minimum Gasteiger partial charge on any atom is -0.315 e. The normalized spacial score (nSPS) is 11.3. The van der Waals surface area contributed by atoms with Crippen molar-refractivity contribution in [2.45, 2.75) is 66.3 Å². The van der Waals surface area contributed by atoms with E-state index in [0.717, 1.165) is 42.2 Å². The van der Waals surface area contributed by atoms with Gasteiger partial charge in [-0.15, -0.1) is 10.2 Å². The molecule has 1 aromatic heterocycles. The monoisotopic (exact) mass is 361 g/mol. The molecule has 0 aliphatic rings. The van der Waals surface area contributed by atoms with Crippen LogP contribution in [0.1, 0.15) is 56.4 Å². The largest absolute Gasteiger partial charge is 0.315 e. The van der Waals surface area contributed by atoms with Crippen molar-refractivity contribution in [2.24, 2.45) is 5.92 Å². The fraction of sp³-hybridized carbons (Fsp3) is 0.550. The summed E-state index contributed by atoms with van der Waals surface area (Å²) in [6.07, 6.45) is 3.58. The first kappa shape index (κ1) is 19.6. The number of benzene rings is 1. The van der Waals surface area contributed by atoms with Crippen LogP contribution in [-0.4, -0.2) is 20.5 Å². The topological polar surface area (TPSA) is 47.8 Å². The first-order valence-corrected chi connectivity index (χ1v) is 9.46. The summed E-state index contributed by atoms with van der Waals surface area (Å²) in [6, 6.07) is 5.72. The summed E-state index contributed by atoms with van der Waals surface area (Å²) in [5, 5.41) is 9.36. The second-order valence-electron chi connectivity index (χ2n) is 6.95. The van der Waals surface area contributed by atoms with Gasteiger partial charge < -0.3 is 4.57 Å². The molecule has 0 fully saturated rings. The Balaban J connectivity index is 1.96. The Labute approximate surface area is 155 Å². The zero-order valence-electron chi connectivity index (χ0n) is 15.7. The number of halogens is 1. The third-order valence-electron chi connectivity index (χ3n) is 4.56. The number of rotatable bonds is 9. The lowest BCUT2D eigenvalue weighted by molar-refractivity contribution is -0.118. The summed E-state index contributed by atoms with van der Waals surface area (Å²) in [7, 11) is 0. The quantitative estimate of drug-likeness (QED) is 0.656. The van der Waals surface area contributed by atoms with Crippen LogP contribution in [0.3, 0.4) is 0 Å². The summed E-state index contributed by atoms with van der Waals surface area (Å²) in [5.74, 6) is 2.80. The van der Waals surface area contributed by atoms with E-state index in [-0.39, 0.29) is 5.78 Å². The van der Waals surface area contributed by atoms with E-state index in [1.165, 1.54) is 0 Å². The molecular weight excluding hydrogens is 334 g/mol. The van der Waals surface area contributed by atoms with Gasteiger partial charge in [-0.2, -0.15) is 0 Å². The van der Waals surface area contributed by atoms with Crippen LogP contribution in [-0.2, 0) is 30.6 Å². The van der Waals surface area contributed by atoms with E-state index in [1.54, 1.807) is 0 Å². The zero-order chi connectivity index (χ0) is 18.4. The summed E-state index contributed by atoms with van der Waals surface area (Å²) < 4.78 is 2.15. The summed E-state index contributed by atoms with van der Waals surface area (Å²) in [6.45, 7) is 9.33. The van der Waals surface area contributed by atoms with Gasteiger partial charge in [0.1, 0.15) is 17.4 Å². The Hall–Kier alpha value is -1.68. The second kappa shape index (κ2) is 9.14. The molecule has 0 saturated heterocycles. The highest BCUT2D eigenvalue weighted by Gasteiger charge is 2.14. The SMILES string of the molecule is CCn1c(CCC(=O)Cc2cccc(Cl)c2C)nnc1CCC(C)C. The molecule has 136 valence electrons. The molecule has 0 saturated carbocycles. The van der Waals surface area contributed by atoms with Gasteiger partial charge in [0.05, 0.1) is 0 Å². The molecular formula is C20H28ClN3O. The lowest BCUT2D eigenvalue weighted by Crippen LogP contribution is -2.11. The minimum atomic E-state index is 0.208. The lowest BCUT2D eigenvalue weighted by atomic mass is 10.0. The molecule has 0 N–H and O–H groups in total. The van der Waals surface area contributed by atoms with Crippen LogP contribution >= 0.6 is 11.6 Å². The highest BCUT2D eigenvalue weighted by Crippen LogP contribution is 2.20. The van der Waals surface area contributed by atoms with Gasteiger partial charge >= 0.3 is 0 Å². The van der Waals surface area contributed by atoms with E-state index in [9.17, 15) is 4.79 Å². The van der Waals surface area contributed by atoms with Crippen LogP contribution in [0.25, 0.3) is 0 Å². The van der Waals surface area contributed by atoms with Crippen LogP contribution < -0.4 is 0 Å². The number of nitrogens with zero attached hydrogens (tertiary/aromatic N) is 3. The average molecular weight is 362 g/mol. The maximum absolute atomic E-state index is 12.4. The van der Waals surface area contributed by atoms with Crippen LogP contribution in [0.15, 0.2) is 18.2 Å². The van der Waals surface area contributed by atoms with Crippen molar-refractivity contribution in [3.63, 3.8) is 0 Å². The molecule has 4 nitrogen and oxygen atoms in total. The van der Waals surface area contributed by atoms with E-state index < -0.39 is 0 Å². The van der Waals surface area contributed by atoms with Crippen molar-refractivity contribution in [3.05, 3.63) is 46.0 Å². The molecule has 2 rings (SSSR count). The molecule has 0 bridgehead atoms. The summed E-state index contributed by atoms with van der Waals surface area (Å²) >= 11 is 6.13. The Kier molecular flexibility index (Phi) is 7.18. The molecule has 0 spiro atoms. The number of hydrogen-bond acceptors (Lipinski definition) is 3. The van der Waals surface area contributed by atoms with Gasteiger partial charge in [-0.05, 0) is 43.4 Å². The predicted molar refractivity (Wildman–Crippen MR) is 102 cm³/mol. The van der Waals surface area contributed by atoms with Crippen molar-refractivity contribution in [2.75, 3.05) is 0 Å². The summed E-state index contributed by atoms with van der Waals surface area (Å²) in [5.41, 5.74) is 2.00. The van der Waals surface area contributed by atoms with Crippen LogP contribution in [0.4, 0.5) is 0 Å². The number of carbonyl (C=O) groups excluding carboxylic acids is 1. The Morgan fingerprint density at radius 3 is 2.52 bits per heavy atom. The predicted octanol–water partition coefficient (Wildman–Crippen LogP) is 4.59. The first-order chi connectivity index (χ1) is 11.9. The first-order valence-electron chi connectivity index (χ1n) is 9.09. The molecule has 25 heavy (non-hydrogen) atoms. The Bertz CT molecular complexity index is 722. The Morgan fingerprint density at radius 2 is 1.88 bits per heavy atom. The number of Topliss-reactive ketones (excluding diaryl/α,β-unsaturated/α-hetero) is 1. The molecule has 1 heterocycles. The molecule has 0 unspecified atom stereocenters. The van der Waals surface area contributed by atoms with Gasteiger partial charge in [0.25, 0.3) is 0 Å². The van der Waals surface area contributed by atoms with Crippen LogP contribution in [0.5, 0.6) is 0 Å². The van der Waals surface area contributed by atoms with Crippen molar-refractivity contribution in [3.8, 4) is 0 Å². The molecule has 0 aliphatic heterocycles. The van der Waals surface area contributed by atoms with Crippen molar-refractivity contribution < 1.29 is 4.79 Å². The highest BCUT2D eigenvalue weighted by molar-refractivity contribution is 6.31. The number of hydrogen-bond donors (Lipinski definition) is 0. The van der Waals surface area contributed by atoms with E-state index in [2.05, 4.69) is 35.5 Å². The van der Waals surface area contributed by atoms with Gasteiger partial charge in [0.15, 0.2) is 0 Å². The molecule has 0 atom stereocenters. The van der Waals surface area contributed by atoms with E-state index in [4.69, 9.17) is 11.6 Å². The molecule has 5 heteroatoms. The van der Waals surface area contributed by atoms with Crippen LogP contribution in [0.2, 0.25) is 5.02 Å². The van der Waals surface area contributed by atoms with Crippen LogP contribution in [0, 0.1) is 12.8 Å². The van der Waals surface area contributed by atoms with E-state index in [1.807, 2.05) is 25.1 Å². The lowest BCUT2D eigenvalue weighted by Gasteiger charge is -2.09. The maximum Gasteiger partial charge on any atom is 0.137 e. The minimum absolute atomic E-state index is 0.208. The molecule has 2 aromatic rings. The fourth-order valence-electron chi connectivity index (χ4n) is 2.92. The van der Waals surface area contributed by atoms with E-state index >= 15 is 0 Å². The van der Waals surface area contributed by atoms with Crippen molar-refractivity contribution in [1.29, 1.82) is 0 Å². The van der Waals surface area contributed by atoms with Gasteiger partial charge in [-0.3, -0.25) is 4.79 Å². The van der Waals surface area contributed by atoms with Crippen molar-refractivity contribution >= 4 is 17.4 Å². The third-order valence-corrected chi connectivity index (χ3v) is 4.97. The number of ketones is 1. The van der Waals surface area contributed by atoms with Gasteiger partial charge in [0, 0.05) is 37.3 Å². The molecule has 0 radical (unpaired) electrons. The van der Waals surface area contributed by atoms with Gasteiger partial charge in [-0.1, -0.05) is 37.6 Å². The molecule has 1 aromatic carbocycles. The zero-order valence-corrected chi connectivity index (χ0v) is 16.4. The van der Waals surface area contributed by atoms with Gasteiger partial charge in [-0.25, -0.2) is 0 Å². The highest BCUT2D eigenvalue weighted by atomic mass is 35.5. The number of aromatic nitrogens is 3. The average Bonchev–Trinajstić information content (AvgIpc) is 2.97.